The standard InChI is InChI=1S/C21H24N4O4/c1-14-6-8-18(28-14)20(26)23-16-11-22-24(12-16)13-17-5-3-4-10-25(17)21(27)19-9-7-15(2)29-19/h6-9,11-12,17H,3-5,10,13H2,1-2H3,(H,23,26)/t17-/m0/s1. The second-order valence-corrected chi connectivity index (χ2v) is 7.37. The molecule has 4 heterocycles. The fraction of sp³-hybridized carbons (Fsp3) is 0.381. The first-order valence-electron chi connectivity index (χ1n) is 9.77. The van der Waals surface area contributed by atoms with E-state index in [2.05, 4.69) is 10.4 Å². The highest BCUT2D eigenvalue weighted by atomic mass is 16.4. The molecule has 1 N–H and O–H groups in total. The summed E-state index contributed by atoms with van der Waals surface area (Å²) in [6, 6.07) is 6.93. The summed E-state index contributed by atoms with van der Waals surface area (Å²) in [6.07, 6.45) is 6.30. The maximum absolute atomic E-state index is 12.9. The predicted octanol–water partition coefficient (Wildman–Crippen LogP) is 3.63. The third-order valence-corrected chi connectivity index (χ3v) is 5.09. The van der Waals surface area contributed by atoms with E-state index in [0.717, 1.165) is 25.0 Å². The van der Waals surface area contributed by atoms with Crippen molar-refractivity contribution in [1.29, 1.82) is 0 Å². The number of furan rings is 2. The van der Waals surface area contributed by atoms with E-state index < -0.39 is 0 Å². The summed E-state index contributed by atoms with van der Waals surface area (Å²) in [4.78, 5) is 26.9. The van der Waals surface area contributed by atoms with Crippen molar-refractivity contribution in [3.05, 3.63) is 59.7 Å². The minimum absolute atomic E-state index is 0.0258. The zero-order chi connectivity index (χ0) is 20.4. The van der Waals surface area contributed by atoms with Crippen molar-refractivity contribution in [2.75, 3.05) is 11.9 Å². The molecule has 4 rings (SSSR count). The molecule has 3 aromatic heterocycles. The van der Waals surface area contributed by atoms with Gasteiger partial charge in [-0.05, 0) is 57.4 Å². The van der Waals surface area contributed by atoms with Gasteiger partial charge in [0.1, 0.15) is 11.5 Å². The van der Waals surface area contributed by atoms with Crippen molar-refractivity contribution < 1.29 is 18.4 Å². The summed E-state index contributed by atoms with van der Waals surface area (Å²) in [7, 11) is 0. The Morgan fingerprint density at radius 3 is 2.52 bits per heavy atom. The lowest BCUT2D eigenvalue weighted by Gasteiger charge is -2.35. The number of carbonyl (C=O) groups is 2. The molecule has 1 fully saturated rings. The number of carbonyl (C=O) groups excluding carboxylic acids is 2. The Balaban J connectivity index is 1.42. The monoisotopic (exact) mass is 396 g/mol. The van der Waals surface area contributed by atoms with Gasteiger partial charge in [0.05, 0.1) is 24.5 Å². The normalized spacial score (nSPS) is 16.8. The van der Waals surface area contributed by atoms with Crippen molar-refractivity contribution in [3.8, 4) is 0 Å². The van der Waals surface area contributed by atoms with Gasteiger partial charge in [0.15, 0.2) is 11.5 Å². The van der Waals surface area contributed by atoms with Gasteiger partial charge >= 0.3 is 0 Å². The molecular formula is C21H24N4O4. The van der Waals surface area contributed by atoms with Crippen LogP contribution in [0.2, 0.25) is 0 Å². The average molecular weight is 396 g/mol. The van der Waals surface area contributed by atoms with Crippen LogP contribution in [0.4, 0.5) is 5.69 Å². The van der Waals surface area contributed by atoms with Crippen molar-refractivity contribution in [3.63, 3.8) is 0 Å². The van der Waals surface area contributed by atoms with Crippen LogP contribution in [0.1, 0.15) is 51.9 Å². The molecule has 8 nitrogen and oxygen atoms in total. The van der Waals surface area contributed by atoms with E-state index in [1.54, 1.807) is 48.3 Å². The summed E-state index contributed by atoms with van der Waals surface area (Å²) >= 11 is 0. The SMILES string of the molecule is Cc1ccc(C(=O)Nc2cnn(C[C@@H]3CCCCN3C(=O)c3ccc(C)o3)c2)o1. The molecule has 0 spiro atoms. The molecule has 1 atom stereocenters. The number of rotatable bonds is 5. The fourth-order valence-corrected chi connectivity index (χ4v) is 3.64. The van der Waals surface area contributed by atoms with Gasteiger partial charge in [0.2, 0.25) is 0 Å². The highest BCUT2D eigenvalue weighted by molar-refractivity contribution is 6.02. The first-order chi connectivity index (χ1) is 14.0. The lowest BCUT2D eigenvalue weighted by Crippen LogP contribution is -2.45. The van der Waals surface area contributed by atoms with Crippen LogP contribution in [-0.2, 0) is 6.54 Å². The largest absolute Gasteiger partial charge is 0.456 e. The number of amides is 2. The van der Waals surface area contributed by atoms with E-state index in [1.165, 1.54) is 0 Å². The number of nitrogens with zero attached hydrogens (tertiary/aromatic N) is 3. The summed E-state index contributed by atoms with van der Waals surface area (Å²) in [5.41, 5.74) is 0.583. The highest BCUT2D eigenvalue weighted by Crippen LogP contribution is 2.22. The van der Waals surface area contributed by atoms with Crippen LogP contribution < -0.4 is 5.32 Å². The fourth-order valence-electron chi connectivity index (χ4n) is 3.64. The maximum atomic E-state index is 12.9. The molecule has 0 unspecified atom stereocenters. The summed E-state index contributed by atoms with van der Waals surface area (Å²) in [5.74, 6) is 1.63. The summed E-state index contributed by atoms with van der Waals surface area (Å²) < 4.78 is 12.6. The van der Waals surface area contributed by atoms with Gasteiger partial charge in [-0.3, -0.25) is 14.3 Å². The van der Waals surface area contributed by atoms with Crippen molar-refractivity contribution in [2.24, 2.45) is 0 Å². The Bertz CT molecular complexity index is 1020. The van der Waals surface area contributed by atoms with Gasteiger partial charge in [-0.1, -0.05) is 0 Å². The van der Waals surface area contributed by atoms with E-state index in [1.807, 2.05) is 11.8 Å². The molecule has 0 aromatic carbocycles. The molecule has 1 aliphatic heterocycles. The Kier molecular flexibility index (Phi) is 5.24. The Morgan fingerprint density at radius 2 is 1.83 bits per heavy atom. The van der Waals surface area contributed by atoms with E-state index in [-0.39, 0.29) is 23.6 Å². The van der Waals surface area contributed by atoms with Crippen molar-refractivity contribution in [2.45, 2.75) is 45.7 Å². The number of nitrogens with one attached hydrogen (secondary N) is 1. The zero-order valence-corrected chi connectivity index (χ0v) is 16.6. The number of hydrogen-bond donors (Lipinski definition) is 1. The molecule has 1 saturated heterocycles. The number of anilines is 1. The Morgan fingerprint density at radius 1 is 1.10 bits per heavy atom. The minimum Gasteiger partial charge on any atom is -0.456 e. The number of piperidine rings is 1. The lowest BCUT2D eigenvalue weighted by molar-refractivity contribution is 0.0550. The van der Waals surface area contributed by atoms with Crippen LogP contribution in [0.25, 0.3) is 0 Å². The lowest BCUT2D eigenvalue weighted by atomic mass is 10.0. The quantitative estimate of drug-likeness (QED) is 0.711. The average Bonchev–Trinajstić information content (AvgIpc) is 3.44. The first-order valence-corrected chi connectivity index (χ1v) is 9.77. The van der Waals surface area contributed by atoms with Gasteiger partial charge in [0.25, 0.3) is 11.8 Å². The molecule has 0 bridgehead atoms. The Labute approximate surface area is 168 Å². The summed E-state index contributed by atoms with van der Waals surface area (Å²) in [6.45, 7) is 4.87. The van der Waals surface area contributed by atoms with Gasteiger partial charge in [0, 0.05) is 12.7 Å². The van der Waals surface area contributed by atoms with E-state index in [4.69, 9.17) is 8.83 Å². The van der Waals surface area contributed by atoms with Crippen molar-refractivity contribution in [1.82, 2.24) is 14.7 Å². The van der Waals surface area contributed by atoms with Crippen LogP contribution >= 0.6 is 0 Å². The van der Waals surface area contributed by atoms with E-state index in [9.17, 15) is 9.59 Å². The second kappa shape index (κ2) is 7.98. The van der Waals surface area contributed by atoms with Crippen LogP contribution in [0.5, 0.6) is 0 Å². The van der Waals surface area contributed by atoms with Crippen LogP contribution in [-0.4, -0.2) is 39.1 Å². The molecule has 0 saturated carbocycles. The van der Waals surface area contributed by atoms with Gasteiger partial charge < -0.3 is 19.1 Å². The van der Waals surface area contributed by atoms with Crippen LogP contribution in [0, 0.1) is 13.8 Å². The van der Waals surface area contributed by atoms with Gasteiger partial charge in [-0.15, -0.1) is 0 Å². The molecule has 3 aromatic rings. The van der Waals surface area contributed by atoms with Crippen LogP contribution in [0.15, 0.2) is 45.5 Å². The minimum atomic E-state index is -0.319. The number of aryl methyl sites for hydroxylation is 2. The summed E-state index contributed by atoms with van der Waals surface area (Å²) in [5, 5.41) is 7.12. The molecule has 0 radical (unpaired) electrons. The molecule has 2 amide bonds. The smallest absolute Gasteiger partial charge is 0.291 e. The third kappa shape index (κ3) is 4.26. The highest BCUT2D eigenvalue weighted by Gasteiger charge is 2.29. The van der Waals surface area contributed by atoms with Gasteiger partial charge in [-0.2, -0.15) is 5.10 Å². The number of aromatic nitrogens is 2. The Hall–Kier alpha value is -3.29. The molecule has 29 heavy (non-hydrogen) atoms. The number of hydrogen-bond acceptors (Lipinski definition) is 5. The topological polar surface area (TPSA) is 93.5 Å². The van der Waals surface area contributed by atoms with Gasteiger partial charge in [-0.25, -0.2) is 0 Å². The first kappa shape index (κ1) is 19.0. The molecule has 8 heteroatoms. The molecular weight excluding hydrogens is 372 g/mol. The van der Waals surface area contributed by atoms with E-state index in [0.29, 0.717) is 30.3 Å². The third-order valence-electron chi connectivity index (χ3n) is 5.09. The molecule has 1 aliphatic rings. The molecule has 0 aliphatic carbocycles. The predicted molar refractivity (Wildman–Crippen MR) is 106 cm³/mol. The van der Waals surface area contributed by atoms with Crippen LogP contribution in [0.3, 0.4) is 0 Å². The van der Waals surface area contributed by atoms with E-state index >= 15 is 0 Å². The zero-order valence-electron chi connectivity index (χ0n) is 16.6. The van der Waals surface area contributed by atoms with Crippen molar-refractivity contribution >= 4 is 17.5 Å². The molecule has 152 valence electrons. The second-order valence-electron chi connectivity index (χ2n) is 7.37. The maximum Gasteiger partial charge on any atom is 0.291 e. The number of likely N-dealkylation sites (tertiary alicyclic amines) is 1.